The van der Waals surface area contributed by atoms with Crippen LogP contribution >= 0.6 is 0 Å². The normalized spacial score (nSPS) is 18.7. The Morgan fingerprint density at radius 3 is 2.63 bits per heavy atom. The summed E-state index contributed by atoms with van der Waals surface area (Å²) in [6.45, 7) is 0. The third-order valence-electron chi connectivity index (χ3n) is 3.99. The molecular weight excluding hydrogens is 232 g/mol. The van der Waals surface area contributed by atoms with Crippen LogP contribution in [0.1, 0.15) is 47.6 Å². The number of rotatable bonds is 2. The average molecular weight is 252 g/mol. The van der Waals surface area contributed by atoms with Crippen LogP contribution in [0.5, 0.6) is 0 Å². The molecule has 0 saturated heterocycles. The van der Waals surface area contributed by atoms with Crippen molar-refractivity contribution in [2.75, 3.05) is 0 Å². The van der Waals surface area contributed by atoms with E-state index in [2.05, 4.69) is 42.5 Å². The molecule has 0 aromatic heterocycles. The van der Waals surface area contributed by atoms with Gasteiger partial charge in [0.05, 0.1) is 6.10 Å². The van der Waals surface area contributed by atoms with E-state index in [0.29, 0.717) is 0 Å². The molecule has 0 amide bonds. The molecule has 1 heteroatoms. The topological polar surface area (TPSA) is 20.2 Å². The van der Waals surface area contributed by atoms with Crippen LogP contribution in [-0.2, 0) is 12.8 Å². The summed E-state index contributed by atoms with van der Waals surface area (Å²) in [5.41, 5.74) is 5.12. The van der Waals surface area contributed by atoms with Gasteiger partial charge < -0.3 is 5.11 Å². The lowest BCUT2D eigenvalue weighted by Crippen LogP contribution is -2.00. The first kappa shape index (κ1) is 12.4. The minimum Gasteiger partial charge on any atom is -0.388 e. The maximum absolute atomic E-state index is 10.2. The molecule has 2 aromatic rings. The summed E-state index contributed by atoms with van der Waals surface area (Å²) in [6, 6.07) is 17.1. The van der Waals surface area contributed by atoms with E-state index in [1.807, 2.05) is 6.07 Å². The first-order chi connectivity index (χ1) is 9.33. The van der Waals surface area contributed by atoms with Crippen LogP contribution in [0.2, 0.25) is 0 Å². The van der Waals surface area contributed by atoms with E-state index in [1.54, 1.807) is 0 Å². The van der Waals surface area contributed by atoms with Gasteiger partial charge in [-0.05, 0) is 47.9 Å². The van der Waals surface area contributed by atoms with E-state index < -0.39 is 0 Å². The summed E-state index contributed by atoms with van der Waals surface area (Å²) in [6.07, 6.45) is 5.01. The number of benzene rings is 2. The van der Waals surface area contributed by atoms with Crippen molar-refractivity contribution in [1.29, 1.82) is 0 Å². The Kier molecular flexibility index (Phi) is 3.65. The molecule has 0 unspecified atom stereocenters. The van der Waals surface area contributed by atoms with E-state index >= 15 is 0 Å². The van der Waals surface area contributed by atoms with Gasteiger partial charge in [0.1, 0.15) is 0 Å². The van der Waals surface area contributed by atoms with Crippen LogP contribution < -0.4 is 0 Å². The summed E-state index contributed by atoms with van der Waals surface area (Å²) < 4.78 is 0. The molecule has 98 valence electrons. The fourth-order valence-electron chi connectivity index (χ4n) is 2.93. The third kappa shape index (κ3) is 2.87. The molecule has 19 heavy (non-hydrogen) atoms. The Hall–Kier alpha value is -1.60. The Morgan fingerprint density at radius 1 is 0.947 bits per heavy atom. The predicted octanol–water partition coefficient (Wildman–Crippen LogP) is 4.04. The van der Waals surface area contributed by atoms with Gasteiger partial charge in [-0.15, -0.1) is 0 Å². The highest BCUT2D eigenvalue weighted by atomic mass is 16.3. The highest BCUT2D eigenvalue weighted by Crippen LogP contribution is 2.29. The first-order valence-electron chi connectivity index (χ1n) is 7.16. The highest BCUT2D eigenvalue weighted by molar-refractivity contribution is 5.37. The van der Waals surface area contributed by atoms with Crippen molar-refractivity contribution in [2.24, 2.45) is 0 Å². The second kappa shape index (κ2) is 5.58. The Balaban J connectivity index is 1.88. The van der Waals surface area contributed by atoms with Crippen LogP contribution in [0.15, 0.2) is 48.5 Å². The van der Waals surface area contributed by atoms with Crippen LogP contribution in [-0.4, -0.2) is 5.11 Å². The van der Waals surface area contributed by atoms with Crippen LogP contribution in [0, 0.1) is 0 Å². The standard InChI is InChI=1S/C18H20O/c19-18-9-5-4-8-16-11-10-15(13-17(16)18)12-14-6-2-1-3-7-14/h1-3,6-7,10-11,13,18-19H,4-5,8-9,12H2/t18-/m0/s1. The van der Waals surface area contributed by atoms with Crippen LogP contribution in [0.3, 0.4) is 0 Å². The second-order valence-corrected chi connectivity index (χ2v) is 5.46. The minimum atomic E-state index is -0.270. The van der Waals surface area contributed by atoms with Gasteiger partial charge in [0.15, 0.2) is 0 Å². The van der Waals surface area contributed by atoms with E-state index in [9.17, 15) is 5.11 Å². The van der Waals surface area contributed by atoms with Gasteiger partial charge in [-0.25, -0.2) is 0 Å². The SMILES string of the molecule is O[C@H]1CCCCc2ccc(Cc3ccccc3)cc21. The smallest absolute Gasteiger partial charge is 0.0792 e. The summed E-state index contributed by atoms with van der Waals surface area (Å²) in [5.74, 6) is 0. The van der Waals surface area contributed by atoms with Gasteiger partial charge in [0, 0.05) is 0 Å². The minimum absolute atomic E-state index is 0.270. The zero-order valence-corrected chi connectivity index (χ0v) is 11.2. The Labute approximate surface area is 114 Å². The molecule has 0 heterocycles. The Morgan fingerprint density at radius 2 is 1.79 bits per heavy atom. The van der Waals surface area contributed by atoms with Crippen molar-refractivity contribution in [3.05, 3.63) is 70.8 Å². The van der Waals surface area contributed by atoms with E-state index in [1.165, 1.54) is 23.1 Å². The second-order valence-electron chi connectivity index (χ2n) is 5.46. The van der Waals surface area contributed by atoms with Crippen LogP contribution in [0.4, 0.5) is 0 Å². The molecule has 2 aromatic carbocycles. The van der Waals surface area contributed by atoms with E-state index in [4.69, 9.17) is 0 Å². The molecular formula is C18H20O. The largest absolute Gasteiger partial charge is 0.388 e. The summed E-state index contributed by atoms with van der Waals surface area (Å²) in [5, 5.41) is 10.2. The van der Waals surface area contributed by atoms with Gasteiger partial charge in [-0.1, -0.05) is 55.0 Å². The van der Waals surface area contributed by atoms with Gasteiger partial charge >= 0.3 is 0 Å². The van der Waals surface area contributed by atoms with Gasteiger partial charge in [-0.2, -0.15) is 0 Å². The maximum Gasteiger partial charge on any atom is 0.0792 e. The molecule has 0 saturated carbocycles. The molecule has 0 spiro atoms. The molecule has 3 rings (SSSR count). The van der Waals surface area contributed by atoms with Crippen molar-refractivity contribution in [3.8, 4) is 0 Å². The van der Waals surface area contributed by atoms with Gasteiger partial charge in [0.25, 0.3) is 0 Å². The van der Waals surface area contributed by atoms with Crippen LogP contribution in [0.25, 0.3) is 0 Å². The van der Waals surface area contributed by atoms with E-state index in [-0.39, 0.29) is 6.10 Å². The molecule has 0 radical (unpaired) electrons. The zero-order chi connectivity index (χ0) is 13.1. The number of aryl methyl sites for hydroxylation is 1. The monoisotopic (exact) mass is 252 g/mol. The molecule has 0 fully saturated rings. The van der Waals surface area contributed by atoms with Crippen molar-refractivity contribution < 1.29 is 5.11 Å². The quantitative estimate of drug-likeness (QED) is 0.800. The van der Waals surface area contributed by atoms with Crippen molar-refractivity contribution in [1.82, 2.24) is 0 Å². The number of fused-ring (bicyclic) bond motifs is 1. The molecule has 1 aliphatic rings. The van der Waals surface area contributed by atoms with E-state index in [0.717, 1.165) is 31.2 Å². The summed E-state index contributed by atoms with van der Waals surface area (Å²) in [4.78, 5) is 0. The molecule has 1 aliphatic carbocycles. The number of aliphatic hydroxyl groups excluding tert-OH is 1. The molecule has 0 bridgehead atoms. The lowest BCUT2D eigenvalue weighted by molar-refractivity contribution is 0.166. The Bertz CT molecular complexity index is 545. The maximum atomic E-state index is 10.2. The molecule has 1 atom stereocenters. The zero-order valence-electron chi connectivity index (χ0n) is 11.2. The lowest BCUT2D eigenvalue weighted by Gasteiger charge is -2.13. The third-order valence-corrected chi connectivity index (χ3v) is 3.99. The molecule has 1 N–H and O–H groups in total. The van der Waals surface area contributed by atoms with Crippen molar-refractivity contribution >= 4 is 0 Å². The fourth-order valence-corrected chi connectivity index (χ4v) is 2.93. The predicted molar refractivity (Wildman–Crippen MR) is 78.2 cm³/mol. The average Bonchev–Trinajstić information content (AvgIpc) is 2.62. The van der Waals surface area contributed by atoms with Crippen molar-refractivity contribution in [2.45, 2.75) is 38.2 Å². The summed E-state index contributed by atoms with van der Waals surface area (Å²) in [7, 11) is 0. The number of aliphatic hydroxyl groups is 1. The molecule has 0 aliphatic heterocycles. The number of hydrogen-bond donors (Lipinski definition) is 1. The fraction of sp³-hybridized carbons (Fsp3) is 0.333. The highest BCUT2D eigenvalue weighted by Gasteiger charge is 2.16. The van der Waals surface area contributed by atoms with Gasteiger partial charge in [-0.3, -0.25) is 0 Å². The van der Waals surface area contributed by atoms with Crippen molar-refractivity contribution in [3.63, 3.8) is 0 Å². The number of hydrogen-bond acceptors (Lipinski definition) is 1. The first-order valence-corrected chi connectivity index (χ1v) is 7.16. The van der Waals surface area contributed by atoms with Gasteiger partial charge in [0.2, 0.25) is 0 Å². The molecule has 1 nitrogen and oxygen atoms in total. The summed E-state index contributed by atoms with van der Waals surface area (Å²) >= 11 is 0. The lowest BCUT2D eigenvalue weighted by atomic mass is 9.95.